The molecule has 9 nitrogen and oxygen atoms in total. The van der Waals surface area contributed by atoms with Gasteiger partial charge in [0.1, 0.15) is 29.4 Å². The summed E-state index contributed by atoms with van der Waals surface area (Å²) in [6, 6.07) is 14.9. The predicted molar refractivity (Wildman–Crippen MR) is 169 cm³/mol. The monoisotopic (exact) mass is 624 g/mol. The lowest BCUT2D eigenvalue weighted by Gasteiger charge is -2.35. The minimum absolute atomic E-state index is 0.160. The molecule has 10 heteroatoms. The average molecular weight is 625 g/mol. The molecule has 4 N–H and O–H groups in total. The molecule has 1 aliphatic heterocycles. The van der Waals surface area contributed by atoms with E-state index in [9.17, 15) is 20.1 Å². The number of carboxylic acids is 1. The molecule has 0 aromatic heterocycles. The number of carbonyl (C=O) groups is 1. The van der Waals surface area contributed by atoms with Crippen molar-refractivity contribution in [2.24, 2.45) is 0 Å². The van der Waals surface area contributed by atoms with Gasteiger partial charge in [-0.05, 0) is 73.1 Å². The molecule has 0 amide bonds. The Labute approximate surface area is 263 Å². The second-order valence-corrected chi connectivity index (χ2v) is 11.7. The molecular weight excluding hydrogens is 584 g/mol. The smallest absolute Gasteiger partial charge is 0.323 e. The van der Waals surface area contributed by atoms with Gasteiger partial charge in [0.05, 0.1) is 30.9 Å². The lowest BCUT2D eigenvalue weighted by Crippen LogP contribution is -2.50. The number of aliphatic hydroxyl groups is 2. The number of carboxylic acid groups (broad SMARTS) is 1. The maximum atomic E-state index is 11.3. The average Bonchev–Trinajstić information content (AvgIpc) is 3.40. The van der Waals surface area contributed by atoms with Crippen LogP contribution in [0, 0.1) is 6.92 Å². The van der Waals surface area contributed by atoms with Gasteiger partial charge in [0, 0.05) is 37.8 Å². The van der Waals surface area contributed by atoms with Crippen molar-refractivity contribution in [3.05, 3.63) is 75.8 Å². The fraction of sp³-hybridized carbons (Fsp3) is 0.441. The Morgan fingerprint density at radius 1 is 1.09 bits per heavy atom. The van der Waals surface area contributed by atoms with E-state index in [0.717, 1.165) is 61.3 Å². The Kier molecular flexibility index (Phi) is 10.7. The minimum atomic E-state index is -1.13. The first-order chi connectivity index (χ1) is 21.3. The number of fused-ring (bicyclic) bond motifs is 1. The summed E-state index contributed by atoms with van der Waals surface area (Å²) < 4.78 is 18.5. The molecule has 1 aliphatic carbocycles. The molecule has 0 spiro atoms. The van der Waals surface area contributed by atoms with Crippen LogP contribution in [-0.2, 0) is 17.8 Å². The van der Waals surface area contributed by atoms with E-state index in [1.54, 1.807) is 12.1 Å². The number of ether oxygens (including phenoxy) is 3. The van der Waals surface area contributed by atoms with Gasteiger partial charge in [-0.2, -0.15) is 0 Å². The number of β-amino-alcohol motifs (C(OH)–C–C–N with tert-alkyl or cyclic N) is 1. The molecule has 1 fully saturated rings. The van der Waals surface area contributed by atoms with Gasteiger partial charge in [-0.1, -0.05) is 41.9 Å². The standard InChI is InChI=1S/C34H41ClN2O7/c1-3-42-32-16-33(28(35)15-22(32)17-36-29(20-38)34(40)41)44-31-12-11-26-25(8-4-9-27(26)31)24-7-5-10-30(21(24)2)43-14-6-13-37-18-23(39)19-37/h4-5,7-10,15-16,23,29,31,36,38-39H,3,6,11-14,17-20H2,1-2H3,(H,40,41)/t29-,31-/m0/s1. The Balaban J connectivity index is 1.30. The minimum Gasteiger partial charge on any atom is -0.493 e. The number of hydrogen-bond acceptors (Lipinski definition) is 8. The summed E-state index contributed by atoms with van der Waals surface area (Å²) in [5, 5.41) is 31.3. The molecule has 0 saturated carbocycles. The highest BCUT2D eigenvalue weighted by atomic mass is 35.5. The third-order valence-corrected chi connectivity index (χ3v) is 8.60. The molecule has 1 saturated heterocycles. The third-order valence-electron chi connectivity index (χ3n) is 8.31. The lowest BCUT2D eigenvalue weighted by molar-refractivity contribution is -0.140. The topological polar surface area (TPSA) is 121 Å². The van der Waals surface area contributed by atoms with Gasteiger partial charge >= 0.3 is 5.97 Å². The Bertz CT molecular complexity index is 1460. The Morgan fingerprint density at radius 3 is 2.59 bits per heavy atom. The quantitative estimate of drug-likeness (QED) is 0.177. The number of benzene rings is 3. The molecular formula is C34H41ClN2O7. The van der Waals surface area contributed by atoms with Crippen LogP contribution in [-0.4, -0.2) is 77.8 Å². The summed E-state index contributed by atoms with van der Waals surface area (Å²) in [6.45, 7) is 7.07. The van der Waals surface area contributed by atoms with Crippen LogP contribution in [0.25, 0.3) is 11.1 Å². The van der Waals surface area contributed by atoms with Crippen molar-refractivity contribution >= 4 is 17.6 Å². The van der Waals surface area contributed by atoms with Crippen LogP contribution in [0.2, 0.25) is 5.02 Å². The summed E-state index contributed by atoms with van der Waals surface area (Å²) in [5.74, 6) is 0.791. The van der Waals surface area contributed by atoms with Crippen LogP contribution < -0.4 is 19.5 Å². The molecule has 236 valence electrons. The van der Waals surface area contributed by atoms with Gasteiger partial charge in [-0.3, -0.25) is 15.0 Å². The maximum absolute atomic E-state index is 11.3. The molecule has 2 aliphatic rings. The molecule has 2 atom stereocenters. The van der Waals surface area contributed by atoms with E-state index in [-0.39, 0.29) is 18.8 Å². The summed E-state index contributed by atoms with van der Waals surface area (Å²) in [4.78, 5) is 13.5. The highest BCUT2D eigenvalue weighted by Gasteiger charge is 2.29. The SMILES string of the molecule is CCOc1cc(O[C@H]2CCc3c(-c4cccc(OCCCN5CC(O)C5)c4C)cccc32)c(Cl)cc1CN[C@@H](CO)C(=O)O. The van der Waals surface area contributed by atoms with E-state index in [0.29, 0.717) is 35.3 Å². The zero-order valence-electron chi connectivity index (χ0n) is 25.2. The number of aliphatic hydroxyl groups excluding tert-OH is 2. The normalized spacial score (nSPS) is 17.2. The van der Waals surface area contributed by atoms with E-state index in [1.807, 2.05) is 19.1 Å². The number of hydrogen-bond donors (Lipinski definition) is 4. The molecule has 3 aromatic carbocycles. The second kappa shape index (κ2) is 14.6. The van der Waals surface area contributed by atoms with Crippen molar-refractivity contribution in [2.45, 2.75) is 57.9 Å². The van der Waals surface area contributed by atoms with Gasteiger partial charge in [0.15, 0.2) is 0 Å². The first-order valence-electron chi connectivity index (χ1n) is 15.2. The molecule has 3 aromatic rings. The molecule has 44 heavy (non-hydrogen) atoms. The number of nitrogens with one attached hydrogen (secondary N) is 1. The van der Waals surface area contributed by atoms with E-state index in [1.165, 1.54) is 11.1 Å². The first kappa shape index (κ1) is 32.1. The van der Waals surface area contributed by atoms with E-state index < -0.39 is 18.6 Å². The fourth-order valence-electron chi connectivity index (χ4n) is 5.96. The zero-order valence-corrected chi connectivity index (χ0v) is 26.0. The van der Waals surface area contributed by atoms with Crippen LogP contribution in [0.5, 0.6) is 17.2 Å². The summed E-state index contributed by atoms with van der Waals surface area (Å²) >= 11 is 6.67. The van der Waals surface area contributed by atoms with Gasteiger partial charge in [0.2, 0.25) is 0 Å². The number of aliphatic carboxylic acids is 1. The maximum Gasteiger partial charge on any atom is 0.323 e. The number of nitrogens with zero attached hydrogens (tertiary/aromatic N) is 1. The van der Waals surface area contributed by atoms with Crippen molar-refractivity contribution in [1.29, 1.82) is 0 Å². The van der Waals surface area contributed by atoms with E-state index in [2.05, 4.69) is 41.4 Å². The number of rotatable bonds is 15. The summed E-state index contributed by atoms with van der Waals surface area (Å²) in [7, 11) is 0. The second-order valence-electron chi connectivity index (χ2n) is 11.3. The highest BCUT2D eigenvalue weighted by molar-refractivity contribution is 6.32. The molecule has 0 radical (unpaired) electrons. The van der Waals surface area contributed by atoms with Crippen LogP contribution >= 0.6 is 11.6 Å². The first-order valence-corrected chi connectivity index (χ1v) is 15.6. The highest BCUT2D eigenvalue weighted by Crippen LogP contribution is 2.44. The van der Waals surface area contributed by atoms with Crippen molar-refractivity contribution < 1.29 is 34.3 Å². The van der Waals surface area contributed by atoms with E-state index >= 15 is 0 Å². The summed E-state index contributed by atoms with van der Waals surface area (Å²) in [6.07, 6.45) is 2.20. The third kappa shape index (κ3) is 7.30. The Hall–Kier alpha value is -3.34. The molecule has 1 heterocycles. The number of halogens is 1. The van der Waals surface area contributed by atoms with Gasteiger partial charge in [-0.25, -0.2) is 0 Å². The van der Waals surface area contributed by atoms with Crippen LogP contribution in [0.1, 0.15) is 48.1 Å². The molecule has 0 unspecified atom stereocenters. The van der Waals surface area contributed by atoms with Crippen molar-refractivity contribution in [3.8, 4) is 28.4 Å². The van der Waals surface area contributed by atoms with Crippen LogP contribution in [0.4, 0.5) is 0 Å². The number of likely N-dealkylation sites (tertiary alicyclic amines) is 1. The summed E-state index contributed by atoms with van der Waals surface area (Å²) in [5.41, 5.74) is 6.46. The van der Waals surface area contributed by atoms with E-state index in [4.69, 9.17) is 25.8 Å². The zero-order chi connectivity index (χ0) is 31.2. The predicted octanol–water partition coefficient (Wildman–Crippen LogP) is 4.76. The van der Waals surface area contributed by atoms with Gasteiger partial charge < -0.3 is 29.5 Å². The lowest BCUT2D eigenvalue weighted by atomic mass is 9.93. The van der Waals surface area contributed by atoms with Crippen molar-refractivity contribution in [1.82, 2.24) is 10.2 Å². The van der Waals surface area contributed by atoms with Gasteiger partial charge in [-0.15, -0.1) is 0 Å². The Morgan fingerprint density at radius 2 is 1.86 bits per heavy atom. The molecule has 5 rings (SSSR count). The largest absolute Gasteiger partial charge is 0.493 e. The van der Waals surface area contributed by atoms with Gasteiger partial charge in [0.25, 0.3) is 0 Å². The van der Waals surface area contributed by atoms with Crippen molar-refractivity contribution in [2.75, 3.05) is 39.5 Å². The van der Waals surface area contributed by atoms with Crippen LogP contribution in [0.15, 0.2) is 48.5 Å². The fourth-order valence-corrected chi connectivity index (χ4v) is 6.19. The van der Waals surface area contributed by atoms with Crippen molar-refractivity contribution in [3.63, 3.8) is 0 Å². The van der Waals surface area contributed by atoms with Crippen LogP contribution in [0.3, 0.4) is 0 Å². The molecule has 0 bridgehead atoms.